The van der Waals surface area contributed by atoms with Crippen molar-refractivity contribution in [2.75, 3.05) is 6.54 Å². The van der Waals surface area contributed by atoms with Crippen molar-refractivity contribution in [3.63, 3.8) is 0 Å². The number of hydrogen-bond donors (Lipinski definition) is 1. The number of carbonyl (C=O) groups excluding carboxylic acids is 1. The maximum absolute atomic E-state index is 12.5. The first-order valence-corrected chi connectivity index (χ1v) is 7.08. The van der Waals surface area contributed by atoms with Gasteiger partial charge in [-0.2, -0.15) is 5.10 Å². The summed E-state index contributed by atoms with van der Waals surface area (Å²) in [5.74, 6) is 0.836. The van der Waals surface area contributed by atoms with Gasteiger partial charge >= 0.3 is 0 Å². The zero-order valence-electron chi connectivity index (χ0n) is 11.6. The number of nitrogens with zero attached hydrogens (tertiary/aromatic N) is 2. The Balaban J connectivity index is 1.76. The second-order valence-corrected chi connectivity index (χ2v) is 5.33. The quantitative estimate of drug-likeness (QED) is 0.935. The summed E-state index contributed by atoms with van der Waals surface area (Å²) >= 11 is 0. The Morgan fingerprint density at radius 1 is 1.55 bits per heavy atom. The van der Waals surface area contributed by atoms with Crippen molar-refractivity contribution in [2.24, 2.45) is 0 Å². The molecular formula is C15H19N3O2. The fraction of sp³-hybridized carbons (Fsp3) is 0.467. The van der Waals surface area contributed by atoms with E-state index in [1.807, 2.05) is 30.0 Å². The van der Waals surface area contributed by atoms with E-state index in [9.17, 15) is 4.79 Å². The highest BCUT2D eigenvalue weighted by atomic mass is 16.3. The molecule has 1 saturated heterocycles. The van der Waals surface area contributed by atoms with Gasteiger partial charge in [0.2, 0.25) is 5.91 Å². The predicted octanol–water partition coefficient (Wildman–Crippen LogP) is 2.61. The second kappa shape index (κ2) is 5.53. The van der Waals surface area contributed by atoms with Crippen LogP contribution in [0.1, 0.15) is 42.5 Å². The summed E-state index contributed by atoms with van der Waals surface area (Å²) in [7, 11) is 0. The van der Waals surface area contributed by atoms with Crippen LogP contribution in [0.4, 0.5) is 0 Å². The first-order chi connectivity index (χ1) is 9.74. The van der Waals surface area contributed by atoms with Crippen LogP contribution < -0.4 is 0 Å². The molecule has 1 aliphatic heterocycles. The standard InChI is InChI=1S/C15H19N3O2/c1-11-9-13(17-16-11)14-6-2-3-7-18(14)15(19)10-12-5-4-8-20-12/h4-5,8-9,14H,2-3,6-7,10H2,1H3,(H,16,17). The molecule has 0 saturated carbocycles. The van der Waals surface area contributed by atoms with Crippen molar-refractivity contribution in [2.45, 2.75) is 38.6 Å². The van der Waals surface area contributed by atoms with Crippen LogP contribution in [0, 0.1) is 6.92 Å². The molecule has 0 aliphatic carbocycles. The zero-order chi connectivity index (χ0) is 13.9. The zero-order valence-corrected chi connectivity index (χ0v) is 11.6. The molecule has 0 bridgehead atoms. The van der Waals surface area contributed by atoms with Crippen LogP contribution in [0.5, 0.6) is 0 Å². The molecule has 2 aromatic rings. The molecule has 2 aromatic heterocycles. The Morgan fingerprint density at radius 2 is 2.45 bits per heavy atom. The fourth-order valence-corrected chi connectivity index (χ4v) is 2.81. The van der Waals surface area contributed by atoms with Gasteiger partial charge in [-0.3, -0.25) is 9.89 Å². The summed E-state index contributed by atoms with van der Waals surface area (Å²) in [6, 6.07) is 5.78. The Kier molecular flexibility index (Phi) is 3.58. The Bertz CT molecular complexity index is 574. The monoisotopic (exact) mass is 273 g/mol. The minimum absolute atomic E-state index is 0.0937. The van der Waals surface area contributed by atoms with Gasteiger partial charge < -0.3 is 9.32 Å². The smallest absolute Gasteiger partial charge is 0.230 e. The number of piperidine rings is 1. The highest BCUT2D eigenvalue weighted by Crippen LogP contribution is 2.30. The number of aromatic nitrogens is 2. The van der Waals surface area contributed by atoms with Gasteiger partial charge in [0, 0.05) is 12.2 Å². The lowest BCUT2D eigenvalue weighted by Crippen LogP contribution is -2.39. The maximum atomic E-state index is 12.5. The van der Waals surface area contributed by atoms with Gasteiger partial charge in [-0.15, -0.1) is 0 Å². The first-order valence-electron chi connectivity index (χ1n) is 7.08. The third kappa shape index (κ3) is 2.61. The molecule has 1 fully saturated rings. The number of likely N-dealkylation sites (tertiary alicyclic amines) is 1. The van der Waals surface area contributed by atoms with Crippen LogP contribution in [0.25, 0.3) is 0 Å². The largest absolute Gasteiger partial charge is 0.469 e. The average Bonchev–Trinajstić information content (AvgIpc) is 3.10. The molecular weight excluding hydrogens is 254 g/mol. The summed E-state index contributed by atoms with van der Waals surface area (Å²) in [6.07, 6.45) is 5.11. The van der Waals surface area contributed by atoms with E-state index in [-0.39, 0.29) is 11.9 Å². The molecule has 1 atom stereocenters. The van der Waals surface area contributed by atoms with Crippen molar-refractivity contribution in [3.05, 3.63) is 41.6 Å². The average molecular weight is 273 g/mol. The lowest BCUT2D eigenvalue weighted by Gasteiger charge is -2.34. The lowest BCUT2D eigenvalue weighted by molar-refractivity contribution is -0.134. The van der Waals surface area contributed by atoms with E-state index < -0.39 is 0 Å². The molecule has 1 N–H and O–H groups in total. The van der Waals surface area contributed by atoms with Gasteiger partial charge in [0.1, 0.15) is 5.76 Å². The molecule has 5 heteroatoms. The third-order valence-corrected chi connectivity index (χ3v) is 3.80. The van der Waals surface area contributed by atoms with Gasteiger partial charge in [0.15, 0.2) is 0 Å². The number of aryl methyl sites for hydroxylation is 1. The summed E-state index contributed by atoms with van der Waals surface area (Å²) < 4.78 is 5.27. The van der Waals surface area contributed by atoms with Crippen molar-refractivity contribution in [3.8, 4) is 0 Å². The van der Waals surface area contributed by atoms with Gasteiger partial charge in [-0.05, 0) is 44.4 Å². The maximum Gasteiger partial charge on any atom is 0.230 e. The van der Waals surface area contributed by atoms with Crippen LogP contribution in [0.3, 0.4) is 0 Å². The Morgan fingerprint density at radius 3 is 3.15 bits per heavy atom. The highest BCUT2D eigenvalue weighted by molar-refractivity contribution is 5.78. The Hall–Kier alpha value is -2.04. The molecule has 5 nitrogen and oxygen atoms in total. The van der Waals surface area contributed by atoms with Gasteiger partial charge in [-0.25, -0.2) is 0 Å². The molecule has 3 heterocycles. The number of hydrogen-bond acceptors (Lipinski definition) is 3. The van der Waals surface area contributed by atoms with Crippen LogP contribution in [-0.2, 0) is 11.2 Å². The van der Waals surface area contributed by atoms with Gasteiger partial charge in [0.05, 0.1) is 24.4 Å². The number of furan rings is 1. The molecule has 1 unspecified atom stereocenters. The summed E-state index contributed by atoms with van der Waals surface area (Å²) in [5, 5.41) is 7.29. The SMILES string of the molecule is Cc1cc(C2CCCCN2C(=O)Cc2ccco2)n[nH]1. The van der Waals surface area contributed by atoms with E-state index in [1.165, 1.54) is 0 Å². The van der Waals surface area contributed by atoms with Crippen LogP contribution in [-0.4, -0.2) is 27.5 Å². The second-order valence-electron chi connectivity index (χ2n) is 5.33. The first kappa shape index (κ1) is 13.0. The number of amides is 1. The van der Waals surface area contributed by atoms with Gasteiger partial charge in [0.25, 0.3) is 0 Å². The Labute approximate surface area is 118 Å². The number of nitrogens with one attached hydrogen (secondary N) is 1. The predicted molar refractivity (Wildman–Crippen MR) is 74.0 cm³/mol. The molecule has 1 aliphatic rings. The lowest BCUT2D eigenvalue weighted by atomic mass is 9.98. The number of carbonyl (C=O) groups is 1. The van der Waals surface area contributed by atoms with E-state index in [0.717, 1.165) is 43.0 Å². The normalized spacial score (nSPS) is 19.2. The molecule has 3 rings (SSSR count). The van der Waals surface area contributed by atoms with Crippen molar-refractivity contribution < 1.29 is 9.21 Å². The summed E-state index contributed by atoms with van der Waals surface area (Å²) in [5.41, 5.74) is 2.00. The summed E-state index contributed by atoms with van der Waals surface area (Å²) in [4.78, 5) is 14.4. The molecule has 0 aromatic carbocycles. The van der Waals surface area contributed by atoms with Crippen LogP contribution in [0.15, 0.2) is 28.9 Å². The van der Waals surface area contributed by atoms with E-state index >= 15 is 0 Å². The number of rotatable bonds is 3. The van der Waals surface area contributed by atoms with E-state index in [1.54, 1.807) is 6.26 Å². The van der Waals surface area contributed by atoms with E-state index in [0.29, 0.717) is 6.42 Å². The molecule has 1 amide bonds. The molecule has 0 radical (unpaired) electrons. The molecule has 20 heavy (non-hydrogen) atoms. The van der Waals surface area contributed by atoms with E-state index in [4.69, 9.17) is 4.42 Å². The van der Waals surface area contributed by atoms with Gasteiger partial charge in [-0.1, -0.05) is 0 Å². The van der Waals surface area contributed by atoms with Crippen molar-refractivity contribution in [1.29, 1.82) is 0 Å². The van der Waals surface area contributed by atoms with Crippen LogP contribution >= 0.6 is 0 Å². The minimum Gasteiger partial charge on any atom is -0.469 e. The minimum atomic E-state index is 0.0937. The molecule has 0 spiro atoms. The van der Waals surface area contributed by atoms with Crippen LogP contribution in [0.2, 0.25) is 0 Å². The topological polar surface area (TPSA) is 62.1 Å². The highest BCUT2D eigenvalue weighted by Gasteiger charge is 2.29. The van der Waals surface area contributed by atoms with E-state index in [2.05, 4.69) is 10.2 Å². The molecule has 106 valence electrons. The van der Waals surface area contributed by atoms with Crippen molar-refractivity contribution in [1.82, 2.24) is 15.1 Å². The third-order valence-electron chi connectivity index (χ3n) is 3.80. The number of aromatic amines is 1. The fourth-order valence-electron chi connectivity index (χ4n) is 2.81. The summed E-state index contributed by atoms with van der Waals surface area (Å²) in [6.45, 7) is 2.78. The van der Waals surface area contributed by atoms with Crippen molar-refractivity contribution >= 4 is 5.91 Å². The number of H-pyrrole nitrogens is 1.